The van der Waals surface area contributed by atoms with E-state index in [0.29, 0.717) is 0 Å². The number of amides is 1. The first-order valence-corrected chi connectivity index (χ1v) is 5.44. The smallest absolute Gasteiger partial charge is 0.248 e. The molecule has 2 heteroatoms. The number of carbonyl (C=O) groups is 1. The van der Waals surface area contributed by atoms with E-state index in [9.17, 15) is 4.79 Å². The molecule has 1 aromatic carbocycles. The van der Waals surface area contributed by atoms with Crippen LogP contribution in [0.15, 0.2) is 36.4 Å². The fraction of sp³-hybridized carbons (Fsp3) is 0.357. The van der Waals surface area contributed by atoms with E-state index in [1.165, 1.54) is 0 Å². The zero-order valence-electron chi connectivity index (χ0n) is 10.4. The molecule has 0 unspecified atom stereocenters. The molecule has 0 aliphatic heterocycles. The van der Waals surface area contributed by atoms with Crippen LogP contribution in [0.1, 0.15) is 26.3 Å². The minimum atomic E-state index is -0.0828. The summed E-state index contributed by atoms with van der Waals surface area (Å²) in [4.78, 5) is 11.6. The molecule has 0 aliphatic rings. The Hall–Kier alpha value is -1.57. The molecule has 1 rings (SSSR count). The summed E-state index contributed by atoms with van der Waals surface area (Å²) in [5.74, 6) is -0.0828. The van der Waals surface area contributed by atoms with Gasteiger partial charge in [-0.3, -0.25) is 4.79 Å². The van der Waals surface area contributed by atoms with Crippen LogP contribution in [0.25, 0.3) is 0 Å². The molecule has 86 valence electrons. The van der Waals surface area contributed by atoms with Gasteiger partial charge in [-0.05, 0) is 36.1 Å². The fourth-order valence-electron chi connectivity index (χ4n) is 1.23. The van der Waals surface area contributed by atoms with Gasteiger partial charge >= 0.3 is 0 Å². The Balaban J connectivity index is 2.62. The number of benzene rings is 1. The number of hydrogen-bond acceptors (Lipinski definition) is 1. The Kier molecular flexibility index (Phi) is 3.88. The van der Waals surface area contributed by atoms with Gasteiger partial charge in [0.1, 0.15) is 0 Å². The predicted octanol–water partition coefficient (Wildman–Crippen LogP) is 3.54. The summed E-state index contributed by atoms with van der Waals surface area (Å²) in [5.41, 5.74) is 2.00. The molecule has 2 nitrogen and oxygen atoms in total. The molecule has 0 saturated heterocycles. The van der Waals surface area contributed by atoms with E-state index in [1.807, 2.05) is 37.3 Å². The average Bonchev–Trinajstić information content (AvgIpc) is 2.14. The maximum Gasteiger partial charge on any atom is 0.248 e. The Morgan fingerprint density at radius 1 is 1.31 bits per heavy atom. The Bertz CT molecular complexity index is 399. The van der Waals surface area contributed by atoms with Gasteiger partial charge in [-0.1, -0.05) is 39.0 Å². The topological polar surface area (TPSA) is 29.1 Å². The molecule has 0 saturated carbocycles. The van der Waals surface area contributed by atoms with Crippen LogP contribution in [-0.2, 0) is 4.79 Å². The first kappa shape index (κ1) is 12.5. The molecule has 0 aliphatic carbocycles. The molecule has 0 aromatic heterocycles. The van der Waals surface area contributed by atoms with Gasteiger partial charge < -0.3 is 5.32 Å². The average molecular weight is 217 g/mol. The molecule has 0 spiro atoms. The first-order chi connectivity index (χ1) is 7.37. The van der Waals surface area contributed by atoms with Gasteiger partial charge in [0.05, 0.1) is 0 Å². The van der Waals surface area contributed by atoms with Crippen LogP contribution in [-0.4, -0.2) is 5.91 Å². The second kappa shape index (κ2) is 4.97. The van der Waals surface area contributed by atoms with Crippen molar-refractivity contribution < 1.29 is 4.79 Å². The van der Waals surface area contributed by atoms with Crippen molar-refractivity contribution in [2.24, 2.45) is 5.41 Å². The zero-order valence-corrected chi connectivity index (χ0v) is 10.4. The molecular formula is C14H19NO. The second-order valence-corrected chi connectivity index (χ2v) is 5.06. The van der Waals surface area contributed by atoms with E-state index >= 15 is 0 Å². The molecule has 0 heterocycles. The van der Waals surface area contributed by atoms with E-state index < -0.39 is 0 Å². The number of hydrogen-bond donors (Lipinski definition) is 1. The number of allylic oxidation sites excluding steroid dienone is 1. The van der Waals surface area contributed by atoms with Crippen molar-refractivity contribution in [2.75, 3.05) is 5.32 Å². The van der Waals surface area contributed by atoms with Crippen molar-refractivity contribution in [3.8, 4) is 0 Å². The molecule has 0 radical (unpaired) electrons. The highest BCUT2D eigenvalue weighted by molar-refractivity contribution is 5.99. The molecule has 0 fully saturated rings. The van der Waals surface area contributed by atoms with E-state index in [2.05, 4.69) is 26.1 Å². The largest absolute Gasteiger partial charge is 0.323 e. The summed E-state index contributed by atoms with van der Waals surface area (Å²) < 4.78 is 0. The summed E-state index contributed by atoms with van der Waals surface area (Å²) in [6, 6.07) is 7.76. The summed E-state index contributed by atoms with van der Waals surface area (Å²) in [5, 5.41) is 2.83. The lowest BCUT2D eigenvalue weighted by Crippen LogP contribution is -2.09. The normalized spacial score (nSPS) is 11.8. The number of carbonyl (C=O) groups excluding carboxylic acids is 1. The number of rotatable bonds is 2. The van der Waals surface area contributed by atoms with Crippen molar-refractivity contribution in [2.45, 2.75) is 27.7 Å². The molecular weight excluding hydrogens is 198 g/mol. The zero-order chi connectivity index (χ0) is 12.2. The predicted molar refractivity (Wildman–Crippen MR) is 68.4 cm³/mol. The summed E-state index contributed by atoms with van der Waals surface area (Å²) in [6.07, 6.45) is 3.49. The molecule has 16 heavy (non-hydrogen) atoms. The maximum absolute atomic E-state index is 11.6. The number of anilines is 1. The minimum Gasteiger partial charge on any atom is -0.323 e. The van der Waals surface area contributed by atoms with Crippen molar-refractivity contribution in [3.63, 3.8) is 0 Å². The molecule has 1 aromatic rings. The van der Waals surface area contributed by atoms with Crippen molar-refractivity contribution >= 4 is 11.6 Å². The van der Waals surface area contributed by atoms with E-state index in [0.717, 1.165) is 11.3 Å². The van der Waals surface area contributed by atoms with Gasteiger partial charge in [-0.2, -0.15) is 0 Å². The third kappa shape index (κ3) is 4.78. The fourth-order valence-corrected chi connectivity index (χ4v) is 1.23. The van der Waals surface area contributed by atoms with Crippen LogP contribution in [0.5, 0.6) is 0 Å². The summed E-state index contributed by atoms with van der Waals surface area (Å²) in [7, 11) is 0. The molecule has 0 atom stereocenters. The Morgan fingerprint density at radius 2 is 2.00 bits per heavy atom. The van der Waals surface area contributed by atoms with Crippen molar-refractivity contribution in [1.82, 2.24) is 0 Å². The van der Waals surface area contributed by atoms with Crippen LogP contribution < -0.4 is 5.32 Å². The molecule has 1 amide bonds. The third-order valence-corrected chi connectivity index (χ3v) is 2.02. The maximum atomic E-state index is 11.6. The first-order valence-electron chi connectivity index (χ1n) is 5.44. The molecule has 1 N–H and O–H groups in total. The van der Waals surface area contributed by atoms with Crippen LogP contribution in [0.4, 0.5) is 5.69 Å². The van der Waals surface area contributed by atoms with Gasteiger partial charge in [0.2, 0.25) is 5.91 Å². The molecule has 0 bridgehead atoms. The van der Waals surface area contributed by atoms with Gasteiger partial charge in [0.25, 0.3) is 0 Å². The highest BCUT2D eigenvalue weighted by Gasteiger charge is 2.05. The minimum absolute atomic E-state index is 0.0317. The van der Waals surface area contributed by atoms with Gasteiger partial charge in [0, 0.05) is 5.69 Å². The standard InChI is InChI=1S/C14H19NO/c1-11-6-5-7-12(10-11)15-13(16)8-9-14(2,3)4/h5-10H,1-4H3,(H,15,16)/b9-8+. The Labute approximate surface area is 97.4 Å². The van der Waals surface area contributed by atoms with Crippen molar-refractivity contribution in [3.05, 3.63) is 42.0 Å². The SMILES string of the molecule is Cc1cccc(NC(=O)/C=C/C(C)(C)C)c1. The monoisotopic (exact) mass is 217 g/mol. The second-order valence-electron chi connectivity index (χ2n) is 5.06. The quantitative estimate of drug-likeness (QED) is 0.754. The Morgan fingerprint density at radius 3 is 2.56 bits per heavy atom. The van der Waals surface area contributed by atoms with Gasteiger partial charge in [-0.25, -0.2) is 0 Å². The van der Waals surface area contributed by atoms with Crippen LogP contribution in [0.2, 0.25) is 0 Å². The lowest BCUT2D eigenvalue weighted by molar-refractivity contribution is -0.112. The highest BCUT2D eigenvalue weighted by atomic mass is 16.1. The van der Waals surface area contributed by atoms with E-state index in [1.54, 1.807) is 6.08 Å². The lowest BCUT2D eigenvalue weighted by atomic mass is 9.96. The van der Waals surface area contributed by atoms with Crippen molar-refractivity contribution in [1.29, 1.82) is 0 Å². The van der Waals surface area contributed by atoms with E-state index in [-0.39, 0.29) is 11.3 Å². The number of aryl methyl sites for hydroxylation is 1. The van der Waals surface area contributed by atoms with Crippen LogP contribution in [0.3, 0.4) is 0 Å². The summed E-state index contributed by atoms with van der Waals surface area (Å²) in [6.45, 7) is 8.18. The van der Waals surface area contributed by atoms with E-state index in [4.69, 9.17) is 0 Å². The number of nitrogens with one attached hydrogen (secondary N) is 1. The highest BCUT2D eigenvalue weighted by Crippen LogP contribution is 2.15. The van der Waals surface area contributed by atoms with Crippen LogP contribution >= 0.6 is 0 Å². The van der Waals surface area contributed by atoms with Gasteiger partial charge in [0.15, 0.2) is 0 Å². The van der Waals surface area contributed by atoms with Gasteiger partial charge in [-0.15, -0.1) is 0 Å². The lowest BCUT2D eigenvalue weighted by Gasteiger charge is -2.11. The third-order valence-electron chi connectivity index (χ3n) is 2.02. The van der Waals surface area contributed by atoms with Crippen LogP contribution in [0, 0.1) is 12.3 Å². The summed E-state index contributed by atoms with van der Waals surface area (Å²) >= 11 is 0.